The number of hydrogen-bond acceptors (Lipinski definition) is 1. The van der Waals surface area contributed by atoms with Gasteiger partial charge in [0.25, 0.3) is 0 Å². The highest BCUT2D eigenvalue weighted by atomic mass is 79.9. The summed E-state index contributed by atoms with van der Waals surface area (Å²) in [4.78, 5) is 10.4. The lowest BCUT2D eigenvalue weighted by Gasteiger charge is -1.99. The normalized spacial score (nSPS) is 12.6. The van der Waals surface area contributed by atoms with Crippen LogP contribution < -0.4 is 0 Å². The van der Waals surface area contributed by atoms with Crippen molar-refractivity contribution >= 4 is 37.8 Å². The van der Waals surface area contributed by atoms with E-state index in [9.17, 15) is 4.79 Å². The number of unbranched alkanes of at least 4 members (excludes halogenated alkanes) is 2. The summed E-state index contributed by atoms with van der Waals surface area (Å²) in [5, 5.41) is 8.57. The highest BCUT2D eigenvalue weighted by Gasteiger charge is 2.07. The SMILES string of the molecule is CCCCC/C(Br)=C(\Br)C(=O)O. The van der Waals surface area contributed by atoms with Gasteiger partial charge < -0.3 is 5.11 Å². The van der Waals surface area contributed by atoms with E-state index in [4.69, 9.17) is 5.11 Å². The molecule has 0 amide bonds. The molecular formula is C8H12Br2O2. The van der Waals surface area contributed by atoms with Crippen LogP contribution in [0.2, 0.25) is 0 Å². The summed E-state index contributed by atoms with van der Waals surface area (Å²) in [5.41, 5.74) is 0. The third kappa shape index (κ3) is 4.93. The van der Waals surface area contributed by atoms with Gasteiger partial charge in [-0.1, -0.05) is 35.7 Å². The van der Waals surface area contributed by atoms with Crippen LogP contribution in [-0.4, -0.2) is 11.1 Å². The molecule has 2 nitrogen and oxygen atoms in total. The van der Waals surface area contributed by atoms with Crippen LogP contribution >= 0.6 is 31.9 Å². The predicted molar refractivity (Wildman–Crippen MR) is 56.7 cm³/mol. The average molecular weight is 300 g/mol. The van der Waals surface area contributed by atoms with E-state index in [1.165, 1.54) is 0 Å². The van der Waals surface area contributed by atoms with Crippen molar-refractivity contribution in [3.8, 4) is 0 Å². The molecule has 0 bridgehead atoms. The maximum Gasteiger partial charge on any atom is 0.343 e. The van der Waals surface area contributed by atoms with E-state index in [0.29, 0.717) is 0 Å². The second-order valence-corrected chi connectivity index (χ2v) is 4.23. The largest absolute Gasteiger partial charge is 0.477 e. The van der Waals surface area contributed by atoms with Gasteiger partial charge in [-0.2, -0.15) is 0 Å². The van der Waals surface area contributed by atoms with Crippen molar-refractivity contribution in [3.63, 3.8) is 0 Å². The Bertz CT molecular complexity index is 187. The second kappa shape index (κ2) is 6.66. The van der Waals surface area contributed by atoms with E-state index in [-0.39, 0.29) is 4.48 Å². The molecule has 12 heavy (non-hydrogen) atoms. The topological polar surface area (TPSA) is 37.3 Å². The second-order valence-electron chi connectivity index (χ2n) is 2.48. The van der Waals surface area contributed by atoms with Crippen molar-refractivity contribution in [2.75, 3.05) is 0 Å². The molecule has 0 aromatic carbocycles. The number of rotatable bonds is 5. The Hall–Kier alpha value is 0.170. The van der Waals surface area contributed by atoms with Gasteiger partial charge in [0, 0.05) is 4.48 Å². The Morgan fingerprint density at radius 3 is 2.33 bits per heavy atom. The Kier molecular flexibility index (Phi) is 6.76. The fourth-order valence-electron chi connectivity index (χ4n) is 0.756. The molecule has 0 unspecified atom stereocenters. The maximum atomic E-state index is 10.4. The molecule has 0 aliphatic carbocycles. The zero-order valence-corrected chi connectivity index (χ0v) is 10.1. The minimum absolute atomic E-state index is 0.235. The van der Waals surface area contributed by atoms with E-state index in [1.54, 1.807) is 0 Å². The summed E-state index contributed by atoms with van der Waals surface area (Å²) in [7, 11) is 0. The van der Waals surface area contributed by atoms with Crippen LogP contribution in [-0.2, 0) is 4.79 Å². The lowest BCUT2D eigenvalue weighted by Crippen LogP contribution is -1.95. The monoisotopic (exact) mass is 298 g/mol. The molecule has 0 atom stereocenters. The molecule has 0 rings (SSSR count). The van der Waals surface area contributed by atoms with Gasteiger partial charge in [0.15, 0.2) is 0 Å². The van der Waals surface area contributed by atoms with Crippen molar-refractivity contribution in [2.45, 2.75) is 32.6 Å². The van der Waals surface area contributed by atoms with Crippen LogP contribution in [0.5, 0.6) is 0 Å². The maximum absolute atomic E-state index is 10.4. The number of carboxylic acids is 1. The summed E-state index contributed by atoms with van der Waals surface area (Å²) < 4.78 is 0.974. The molecule has 0 radical (unpaired) electrons. The van der Waals surface area contributed by atoms with E-state index in [2.05, 4.69) is 38.8 Å². The molecule has 0 heterocycles. The van der Waals surface area contributed by atoms with Crippen LogP contribution in [0.25, 0.3) is 0 Å². The molecular weight excluding hydrogens is 288 g/mol. The van der Waals surface area contributed by atoms with E-state index < -0.39 is 5.97 Å². The molecule has 0 aromatic rings. The van der Waals surface area contributed by atoms with Gasteiger partial charge >= 0.3 is 5.97 Å². The van der Waals surface area contributed by atoms with Crippen LogP contribution in [0, 0.1) is 0 Å². The van der Waals surface area contributed by atoms with Crippen molar-refractivity contribution in [3.05, 3.63) is 8.96 Å². The highest BCUT2D eigenvalue weighted by Crippen LogP contribution is 2.23. The van der Waals surface area contributed by atoms with Crippen molar-refractivity contribution in [2.24, 2.45) is 0 Å². The lowest BCUT2D eigenvalue weighted by atomic mass is 10.2. The van der Waals surface area contributed by atoms with Gasteiger partial charge in [-0.15, -0.1) is 0 Å². The van der Waals surface area contributed by atoms with Gasteiger partial charge in [-0.3, -0.25) is 0 Å². The van der Waals surface area contributed by atoms with Crippen LogP contribution in [0.3, 0.4) is 0 Å². The van der Waals surface area contributed by atoms with Crippen molar-refractivity contribution in [1.29, 1.82) is 0 Å². The van der Waals surface area contributed by atoms with Gasteiger partial charge in [-0.05, 0) is 28.8 Å². The Labute approximate surface area is 89.3 Å². The smallest absolute Gasteiger partial charge is 0.343 e. The minimum atomic E-state index is -0.918. The molecule has 0 aromatic heterocycles. The predicted octanol–water partition coefficient (Wildman–Crippen LogP) is 3.65. The van der Waals surface area contributed by atoms with Gasteiger partial charge in [0.2, 0.25) is 0 Å². The number of halogens is 2. The quantitative estimate of drug-likeness (QED) is 0.621. The average Bonchev–Trinajstić information content (AvgIpc) is 2.03. The summed E-state index contributed by atoms with van der Waals surface area (Å²) >= 11 is 6.22. The fourth-order valence-corrected chi connectivity index (χ4v) is 1.40. The molecule has 0 aliphatic heterocycles. The highest BCUT2D eigenvalue weighted by molar-refractivity contribution is 9.14. The van der Waals surface area contributed by atoms with Gasteiger partial charge in [-0.25, -0.2) is 4.79 Å². The van der Waals surface area contributed by atoms with Crippen LogP contribution in [0.1, 0.15) is 32.6 Å². The van der Waals surface area contributed by atoms with Crippen LogP contribution in [0.15, 0.2) is 8.96 Å². The minimum Gasteiger partial charge on any atom is -0.477 e. The first-order chi connectivity index (χ1) is 5.59. The molecule has 70 valence electrons. The summed E-state index contributed by atoms with van der Waals surface area (Å²) in [6.07, 6.45) is 4.10. The standard InChI is InChI=1S/C8H12Br2O2/c1-2-3-4-5-6(9)7(10)8(11)12/h2-5H2,1H3,(H,11,12)/b7-6+. The fraction of sp³-hybridized carbons (Fsp3) is 0.625. The third-order valence-electron chi connectivity index (χ3n) is 1.43. The number of aliphatic carboxylic acids is 1. The van der Waals surface area contributed by atoms with Gasteiger partial charge in [0.05, 0.1) is 0 Å². The molecule has 0 aliphatic rings. The molecule has 4 heteroatoms. The van der Waals surface area contributed by atoms with E-state index in [0.717, 1.165) is 30.2 Å². The summed E-state index contributed by atoms with van der Waals surface area (Å²) in [5.74, 6) is -0.918. The molecule has 0 saturated carbocycles. The van der Waals surface area contributed by atoms with Crippen molar-refractivity contribution < 1.29 is 9.90 Å². The van der Waals surface area contributed by atoms with Gasteiger partial charge in [0.1, 0.15) is 4.48 Å². The first kappa shape index (κ1) is 12.2. The molecule has 1 N–H and O–H groups in total. The first-order valence-electron chi connectivity index (χ1n) is 3.87. The lowest BCUT2D eigenvalue weighted by molar-refractivity contribution is -0.131. The zero-order chi connectivity index (χ0) is 9.56. The van der Waals surface area contributed by atoms with E-state index in [1.807, 2.05) is 0 Å². The molecule has 0 fully saturated rings. The first-order valence-corrected chi connectivity index (χ1v) is 5.45. The summed E-state index contributed by atoms with van der Waals surface area (Å²) in [6.45, 7) is 2.11. The molecule has 0 saturated heterocycles. The number of carboxylic acid groups (broad SMARTS) is 1. The number of hydrogen-bond donors (Lipinski definition) is 1. The van der Waals surface area contributed by atoms with Crippen LogP contribution in [0.4, 0.5) is 0 Å². The third-order valence-corrected chi connectivity index (χ3v) is 3.57. The number of carbonyl (C=O) groups is 1. The Balaban J connectivity index is 3.91. The zero-order valence-electron chi connectivity index (χ0n) is 6.94. The Morgan fingerprint density at radius 1 is 1.33 bits per heavy atom. The molecule has 0 spiro atoms. The van der Waals surface area contributed by atoms with Crippen molar-refractivity contribution in [1.82, 2.24) is 0 Å². The Morgan fingerprint density at radius 2 is 1.92 bits per heavy atom. The number of allylic oxidation sites excluding steroid dienone is 1. The van der Waals surface area contributed by atoms with E-state index >= 15 is 0 Å². The summed E-state index contributed by atoms with van der Waals surface area (Å²) in [6, 6.07) is 0.